The van der Waals surface area contributed by atoms with Crippen LogP contribution >= 0.6 is 11.3 Å². The van der Waals surface area contributed by atoms with E-state index in [1.54, 1.807) is 23.1 Å². The van der Waals surface area contributed by atoms with Gasteiger partial charge in [0, 0.05) is 19.3 Å². The fourth-order valence-corrected chi connectivity index (χ4v) is 2.96. The molecule has 0 amide bonds. The van der Waals surface area contributed by atoms with Gasteiger partial charge in [-0.25, -0.2) is 9.67 Å². The summed E-state index contributed by atoms with van der Waals surface area (Å²) in [5, 5.41) is 7.78. The molecule has 0 aliphatic rings. The van der Waals surface area contributed by atoms with Crippen molar-refractivity contribution in [1.82, 2.24) is 14.8 Å². The van der Waals surface area contributed by atoms with E-state index in [-0.39, 0.29) is 0 Å². The minimum Gasteiger partial charge on any atom is -0.481 e. The van der Waals surface area contributed by atoms with Crippen molar-refractivity contribution < 1.29 is 4.74 Å². The molecule has 3 aromatic rings. The zero-order chi connectivity index (χ0) is 14.1. The average molecular weight is 288 g/mol. The van der Waals surface area contributed by atoms with Crippen LogP contribution in [0.5, 0.6) is 5.88 Å². The summed E-state index contributed by atoms with van der Waals surface area (Å²) in [6, 6.07) is 6.21. The lowest BCUT2D eigenvalue weighted by Gasteiger charge is -2.08. The van der Waals surface area contributed by atoms with E-state index >= 15 is 0 Å². The third-order valence-electron chi connectivity index (χ3n) is 3.28. The molecule has 5 nitrogen and oxygen atoms in total. The first-order chi connectivity index (χ1) is 9.69. The fourth-order valence-electron chi connectivity index (χ4n) is 2.30. The van der Waals surface area contributed by atoms with Gasteiger partial charge < -0.3 is 10.1 Å². The molecule has 1 N–H and O–H groups in total. The molecule has 104 valence electrons. The Morgan fingerprint density at radius 3 is 3.05 bits per heavy atom. The molecule has 0 bridgehead atoms. The lowest BCUT2D eigenvalue weighted by molar-refractivity contribution is 0.370. The van der Waals surface area contributed by atoms with Gasteiger partial charge in [-0.05, 0) is 25.1 Å². The molecule has 0 spiro atoms. The number of nitrogens with zero attached hydrogens (tertiary/aromatic N) is 3. The molecule has 0 aliphatic carbocycles. The number of aromatic nitrogens is 3. The minimum absolute atomic E-state index is 0.679. The van der Waals surface area contributed by atoms with Crippen LogP contribution in [-0.2, 0) is 13.6 Å². The van der Waals surface area contributed by atoms with Gasteiger partial charge in [-0.3, -0.25) is 0 Å². The maximum absolute atomic E-state index is 5.39. The van der Waals surface area contributed by atoms with Crippen molar-refractivity contribution in [3.63, 3.8) is 0 Å². The first-order valence-corrected chi connectivity index (χ1v) is 7.20. The number of benzene rings is 1. The van der Waals surface area contributed by atoms with Crippen molar-refractivity contribution >= 4 is 27.2 Å². The molecule has 0 unspecified atom stereocenters. The van der Waals surface area contributed by atoms with Crippen LogP contribution in [-0.4, -0.2) is 21.9 Å². The van der Waals surface area contributed by atoms with Gasteiger partial charge in [-0.1, -0.05) is 0 Å². The Morgan fingerprint density at radius 1 is 1.40 bits per heavy atom. The number of methoxy groups -OCH3 is 1. The van der Waals surface area contributed by atoms with Gasteiger partial charge in [0.1, 0.15) is 0 Å². The molecular formula is C14H16N4OS. The van der Waals surface area contributed by atoms with Gasteiger partial charge in [-0.2, -0.15) is 5.10 Å². The van der Waals surface area contributed by atoms with E-state index in [0.717, 1.165) is 28.3 Å². The number of fused-ring (bicyclic) bond motifs is 1. The van der Waals surface area contributed by atoms with Gasteiger partial charge in [0.15, 0.2) is 0 Å². The summed E-state index contributed by atoms with van der Waals surface area (Å²) in [5.41, 5.74) is 5.99. The Hall–Kier alpha value is -2.08. The zero-order valence-corrected chi connectivity index (χ0v) is 12.5. The van der Waals surface area contributed by atoms with Crippen molar-refractivity contribution in [2.45, 2.75) is 13.5 Å². The van der Waals surface area contributed by atoms with E-state index in [1.807, 2.05) is 19.5 Å². The smallest absolute Gasteiger partial charge is 0.216 e. The Labute approximate surface area is 121 Å². The number of aryl methyl sites for hydroxylation is 2. The molecule has 0 fully saturated rings. The molecule has 0 saturated heterocycles. The normalized spacial score (nSPS) is 10.9. The summed E-state index contributed by atoms with van der Waals surface area (Å²) in [6.45, 7) is 2.67. The van der Waals surface area contributed by atoms with Gasteiger partial charge in [-0.15, -0.1) is 11.3 Å². The Kier molecular flexibility index (Phi) is 3.31. The Balaban J connectivity index is 1.82. The predicted octanol–water partition coefficient (Wildman–Crippen LogP) is 2.96. The summed E-state index contributed by atoms with van der Waals surface area (Å²) in [4.78, 5) is 4.33. The number of rotatable bonds is 4. The maximum atomic E-state index is 5.39. The Bertz CT molecular complexity index is 747. The van der Waals surface area contributed by atoms with Gasteiger partial charge in [0.05, 0.1) is 34.1 Å². The second-order valence-electron chi connectivity index (χ2n) is 4.59. The van der Waals surface area contributed by atoms with Crippen molar-refractivity contribution in [2.75, 3.05) is 12.4 Å². The summed E-state index contributed by atoms with van der Waals surface area (Å²) >= 11 is 1.65. The van der Waals surface area contributed by atoms with Crippen LogP contribution in [0.4, 0.5) is 5.69 Å². The van der Waals surface area contributed by atoms with Crippen LogP contribution in [0.15, 0.2) is 23.7 Å². The average Bonchev–Trinajstić information content (AvgIpc) is 2.99. The highest BCUT2D eigenvalue weighted by atomic mass is 32.1. The maximum Gasteiger partial charge on any atom is 0.216 e. The number of nitrogens with one attached hydrogen (secondary N) is 1. The minimum atomic E-state index is 0.679. The van der Waals surface area contributed by atoms with E-state index in [0.29, 0.717) is 6.54 Å². The molecule has 2 aromatic heterocycles. The lowest BCUT2D eigenvalue weighted by Crippen LogP contribution is -2.02. The first kappa shape index (κ1) is 12.9. The second kappa shape index (κ2) is 5.13. The van der Waals surface area contributed by atoms with Crippen LogP contribution in [0.25, 0.3) is 10.2 Å². The van der Waals surface area contributed by atoms with Gasteiger partial charge >= 0.3 is 0 Å². The molecule has 0 radical (unpaired) electrons. The van der Waals surface area contributed by atoms with E-state index < -0.39 is 0 Å². The van der Waals surface area contributed by atoms with Gasteiger partial charge in [0.2, 0.25) is 5.88 Å². The number of anilines is 1. The highest BCUT2D eigenvalue weighted by Gasteiger charge is 2.13. The fraction of sp³-hybridized carbons (Fsp3) is 0.286. The number of hydrogen-bond donors (Lipinski definition) is 1. The van der Waals surface area contributed by atoms with E-state index in [2.05, 4.69) is 33.6 Å². The number of thiazole rings is 1. The van der Waals surface area contributed by atoms with Crippen LogP contribution in [0.1, 0.15) is 11.3 Å². The number of ether oxygens (including phenoxy) is 1. The second-order valence-corrected chi connectivity index (χ2v) is 5.47. The molecule has 6 heteroatoms. The summed E-state index contributed by atoms with van der Waals surface area (Å²) in [6.07, 6.45) is 0. The summed E-state index contributed by atoms with van der Waals surface area (Å²) < 4.78 is 8.35. The van der Waals surface area contributed by atoms with Crippen LogP contribution < -0.4 is 10.1 Å². The highest BCUT2D eigenvalue weighted by molar-refractivity contribution is 7.16. The zero-order valence-electron chi connectivity index (χ0n) is 11.7. The largest absolute Gasteiger partial charge is 0.481 e. The third-order valence-corrected chi connectivity index (χ3v) is 4.09. The topological polar surface area (TPSA) is 52.0 Å². The van der Waals surface area contributed by atoms with E-state index in [9.17, 15) is 0 Å². The first-order valence-electron chi connectivity index (χ1n) is 6.32. The summed E-state index contributed by atoms with van der Waals surface area (Å²) in [7, 11) is 3.55. The molecule has 3 rings (SSSR count). The molecular weight excluding hydrogens is 272 g/mol. The lowest BCUT2D eigenvalue weighted by atomic mass is 10.2. The van der Waals surface area contributed by atoms with E-state index in [4.69, 9.17) is 4.74 Å². The van der Waals surface area contributed by atoms with Gasteiger partial charge in [0.25, 0.3) is 0 Å². The standard InChI is InChI=1S/C14H16N4OS/c1-9-11(14(19-3)18(2)17-9)7-15-10-4-5-13-12(6-10)16-8-20-13/h4-6,8,15H,7H2,1-3H3. The van der Waals surface area contributed by atoms with Crippen LogP contribution in [0.3, 0.4) is 0 Å². The van der Waals surface area contributed by atoms with Crippen molar-refractivity contribution in [3.05, 3.63) is 35.0 Å². The van der Waals surface area contributed by atoms with Crippen LogP contribution in [0, 0.1) is 6.92 Å². The Morgan fingerprint density at radius 2 is 2.25 bits per heavy atom. The molecule has 0 atom stereocenters. The predicted molar refractivity (Wildman–Crippen MR) is 81.4 cm³/mol. The quantitative estimate of drug-likeness (QED) is 0.802. The van der Waals surface area contributed by atoms with Crippen molar-refractivity contribution in [1.29, 1.82) is 0 Å². The van der Waals surface area contributed by atoms with Crippen molar-refractivity contribution in [3.8, 4) is 5.88 Å². The molecule has 0 aliphatic heterocycles. The van der Waals surface area contributed by atoms with Crippen molar-refractivity contribution in [2.24, 2.45) is 7.05 Å². The molecule has 1 aromatic carbocycles. The monoisotopic (exact) mass is 288 g/mol. The SMILES string of the molecule is COc1c(CNc2ccc3scnc3c2)c(C)nn1C. The third kappa shape index (κ3) is 2.22. The highest BCUT2D eigenvalue weighted by Crippen LogP contribution is 2.24. The molecule has 20 heavy (non-hydrogen) atoms. The van der Waals surface area contributed by atoms with Crippen LogP contribution in [0.2, 0.25) is 0 Å². The molecule has 2 heterocycles. The molecule has 0 saturated carbocycles. The van der Waals surface area contributed by atoms with E-state index in [1.165, 1.54) is 4.70 Å². The number of hydrogen-bond acceptors (Lipinski definition) is 5. The summed E-state index contributed by atoms with van der Waals surface area (Å²) in [5.74, 6) is 0.796.